The van der Waals surface area contributed by atoms with Crippen LogP contribution in [0, 0.1) is 10.1 Å². The zero-order valence-corrected chi connectivity index (χ0v) is 12.4. The van der Waals surface area contributed by atoms with Gasteiger partial charge in [0.05, 0.1) is 0 Å². The minimum absolute atomic E-state index is 0.158. The Morgan fingerprint density at radius 2 is 2.00 bits per heavy atom. The molecule has 0 amide bonds. The summed E-state index contributed by atoms with van der Waals surface area (Å²) in [5.41, 5.74) is 1.17. The number of benzene rings is 1. The van der Waals surface area contributed by atoms with Crippen LogP contribution in [-0.2, 0) is 5.25 Å². The van der Waals surface area contributed by atoms with Crippen LogP contribution in [0.4, 0.5) is 5.69 Å². The number of nitro groups is 1. The summed E-state index contributed by atoms with van der Waals surface area (Å²) in [6, 6.07) is 6.83. The minimum atomic E-state index is -2.26. The van der Waals surface area contributed by atoms with E-state index in [0.717, 1.165) is 21.3 Å². The first kappa shape index (κ1) is 13.5. The van der Waals surface area contributed by atoms with Crippen LogP contribution in [0.5, 0.6) is 0 Å². The average molecular weight is 302 g/mol. The molecule has 0 aliphatic carbocycles. The second-order valence-electron chi connectivity index (χ2n) is 3.96. The van der Waals surface area contributed by atoms with E-state index in [2.05, 4.69) is 13.8 Å². The summed E-state index contributed by atoms with van der Waals surface area (Å²) < 4.78 is 0. The molecule has 0 unspecified atom stereocenters. The molecular weight excluding hydrogens is 286 g/mol. The van der Waals surface area contributed by atoms with E-state index in [9.17, 15) is 10.1 Å². The summed E-state index contributed by atoms with van der Waals surface area (Å²) in [5.74, 6) is 0. The Labute approximate surface area is 103 Å². The van der Waals surface area contributed by atoms with E-state index in [-0.39, 0.29) is 10.6 Å². The van der Waals surface area contributed by atoms with Gasteiger partial charge in [0.1, 0.15) is 0 Å². The van der Waals surface area contributed by atoms with Gasteiger partial charge < -0.3 is 0 Å². The van der Waals surface area contributed by atoms with Crippen molar-refractivity contribution >= 4 is 28.0 Å². The van der Waals surface area contributed by atoms with Gasteiger partial charge in [0.25, 0.3) is 0 Å². The van der Waals surface area contributed by atoms with E-state index in [4.69, 9.17) is 10.0 Å². The van der Waals surface area contributed by atoms with E-state index in [1.165, 1.54) is 6.07 Å². The molecular formula is C11H16ClGeNO2. The third kappa shape index (κ3) is 3.49. The number of hydrogen-bond donors (Lipinski definition) is 0. The molecule has 0 radical (unpaired) electrons. The first-order valence-electron chi connectivity index (χ1n) is 5.43. The third-order valence-corrected chi connectivity index (χ3v) is 13.9. The van der Waals surface area contributed by atoms with Crippen molar-refractivity contribution in [3.63, 3.8) is 0 Å². The molecule has 0 N–H and O–H groups in total. The van der Waals surface area contributed by atoms with Crippen molar-refractivity contribution < 1.29 is 4.92 Å². The molecule has 0 aromatic heterocycles. The molecule has 0 saturated heterocycles. The van der Waals surface area contributed by atoms with Crippen LogP contribution >= 0.6 is 10.0 Å². The van der Waals surface area contributed by atoms with E-state index < -0.39 is 12.3 Å². The monoisotopic (exact) mass is 303 g/mol. The predicted octanol–water partition coefficient (Wildman–Crippen LogP) is 3.90. The van der Waals surface area contributed by atoms with Gasteiger partial charge >= 0.3 is 103 Å². The zero-order chi connectivity index (χ0) is 12.2. The zero-order valence-electron chi connectivity index (χ0n) is 9.57. The van der Waals surface area contributed by atoms with Gasteiger partial charge in [0.2, 0.25) is 0 Å². The Kier molecular flexibility index (Phi) is 4.80. The van der Waals surface area contributed by atoms with Gasteiger partial charge in [-0.25, -0.2) is 0 Å². The molecule has 1 aromatic rings. The molecule has 0 atom stereocenters. The maximum absolute atomic E-state index is 10.6. The standard InChI is InChI=1S/C11H16ClGeNO2/c1-3-13(12,4-2)9-10-6-5-7-11(8-10)14(15)16/h5-8H,3-4,9H2,1-2H3. The summed E-state index contributed by atoms with van der Waals surface area (Å²) in [5, 5.41) is 13.6. The van der Waals surface area contributed by atoms with Crippen LogP contribution in [0.2, 0.25) is 10.5 Å². The number of non-ortho nitro benzene ring substituents is 1. The molecule has 5 heteroatoms. The number of nitro benzene ring substituents is 1. The molecule has 88 valence electrons. The van der Waals surface area contributed by atoms with Crippen LogP contribution in [0.3, 0.4) is 0 Å². The Balaban J connectivity index is 2.89. The Bertz CT molecular complexity index is 380. The van der Waals surface area contributed by atoms with Crippen LogP contribution < -0.4 is 0 Å². The van der Waals surface area contributed by atoms with Crippen molar-refractivity contribution in [2.75, 3.05) is 0 Å². The molecule has 0 heterocycles. The predicted molar refractivity (Wildman–Crippen MR) is 69.4 cm³/mol. The molecule has 16 heavy (non-hydrogen) atoms. The van der Waals surface area contributed by atoms with Crippen molar-refractivity contribution in [2.24, 2.45) is 0 Å². The summed E-state index contributed by atoms with van der Waals surface area (Å²) in [7, 11) is 6.59. The number of halogens is 1. The van der Waals surface area contributed by atoms with Crippen molar-refractivity contribution in [1.82, 2.24) is 0 Å². The molecule has 0 saturated carbocycles. The van der Waals surface area contributed by atoms with Crippen molar-refractivity contribution in [3.05, 3.63) is 39.9 Å². The number of nitrogens with zero attached hydrogens (tertiary/aromatic N) is 1. The van der Waals surface area contributed by atoms with Crippen LogP contribution in [0.25, 0.3) is 0 Å². The van der Waals surface area contributed by atoms with Gasteiger partial charge in [-0.15, -0.1) is 0 Å². The van der Waals surface area contributed by atoms with Crippen LogP contribution in [0.1, 0.15) is 19.4 Å². The van der Waals surface area contributed by atoms with Gasteiger partial charge in [-0.3, -0.25) is 0 Å². The molecule has 0 aliphatic heterocycles. The van der Waals surface area contributed by atoms with Crippen molar-refractivity contribution in [3.8, 4) is 0 Å². The van der Waals surface area contributed by atoms with E-state index in [1.54, 1.807) is 12.1 Å². The molecule has 0 aliphatic rings. The molecule has 3 nitrogen and oxygen atoms in total. The van der Waals surface area contributed by atoms with Gasteiger partial charge in [0, 0.05) is 0 Å². The van der Waals surface area contributed by atoms with Gasteiger partial charge in [-0.2, -0.15) is 0 Å². The Morgan fingerprint density at radius 3 is 2.50 bits per heavy atom. The summed E-state index contributed by atoms with van der Waals surface area (Å²) >= 11 is -2.26. The van der Waals surface area contributed by atoms with E-state index in [0.29, 0.717) is 0 Å². The fraction of sp³-hybridized carbons (Fsp3) is 0.455. The molecule has 0 spiro atoms. The summed E-state index contributed by atoms with van der Waals surface area (Å²) in [6.07, 6.45) is 0. The molecule has 1 aromatic carbocycles. The third-order valence-electron chi connectivity index (χ3n) is 2.91. The molecule has 1 rings (SSSR count). The van der Waals surface area contributed by atoms with Gasteiger partial charge in [0.15, 0.2) is 0 Å². The van der Waals surface area contributed by atoms with Crippen LogP contribution in [-0.4, -0.2) is 17.3 Å². The summed E-state index contributed by atoms with van der Waals surface area (Å²) in [4.78, 5) is 10.3. The maximum atomic E-state index is 10.6. The Morgan fingerprint density at radius 1 is 1.38 bits per heavy atom. The second-order valence-corrected chi connectivity index (χ2v) is 16.7. The SMILES string of the molecule is C[CH2][Ge]([Cl])([CH2]C)[CH2]c1cccc([N+](=O)[O-])c1. The first-order chi connectivity index (χ1) is 7.50. The fourth-order valence-electron chi connectivity index (χ4n) is 1.65. The van der Waals surface area contributed by atoms with Crippen molar-refractivity contribution in [1.29, 1.82) is 0 Å². The van der Waals surface area contributed by atoms with Crippen molar-refractivity contribution in [2.45, 2.75) is 29.6 Å². The number of hydrogen-bond acceptors (Lipinski definition) is 2. The first-order valence-corrected chi connectivity index (χ1v) is 12.6. The van der Waals surface area contributed by atoms with E-state index >= 15 is 0 Å². The number of rotatable bonds is 5. The summed E-state index contributed by atoms with van der Waals surface area (Å²) in [6.45, 7) is 4.24. The molecule has 0 bridgehead atoms. The van der Waals surface area contributed by atoms with Gasteiger partial charge in [-0.05, 0) is 0 Å². The quantitative estimate of drug-likeness (QED) is 0.470. The Hall–Kier alpha value is -0.547. The average Bonchev–Trinajstić information content (AvgIpc) is 2.29. The second kappa shape index (κ2) is 5.68. The van der Waals surface area contributed by atoms with Crippen LogP contribution in [0.15, 0.2) is 24.3 Å². The topological polar surface area (TPSA) is 43.1 Å². The van der Waals surface area contributed by atoms with Gasteiger partial charge in [-0.1, -0.05) is 0 Å². The fourth-order valence-corrected chi connectivity index (χ4v) is 6.54. The normalized spacial score (nSPS) is 11.4. The van der Waals surface area contributed by atoms with E-state index in [1.807, 2.05) is 6.07 Å². The molecule has 0 fully saturated rings.